The Balaban J connectivity index is 1.53. The Labute approximate surface area is 183 Å². The highest BCUT2D eigenvalue weighted by Crippen LogP contribution is 2.32. The van der Waals surface area contributed by atoms with Gasteiger partial charge in [0.15, 0.2) is 0 Å². The molecule has 0 spiro atoms. The molecule has 3 aromatic rings. The second kappa shape index (κ2) is 8.64. The van der Waals surface area contributed by atoms with E-state index in [9.17, 15) is 13.2 Å². The molecule has 0 unspecified atom stereocenters. The maximum Gasteiger partial charge on any atom is 0.258 e. The lowest BCUT2D eigenvalue weighted by molar-refractivity contribution is 0.0989. The standard InChI is InChI=1S/C23H26N4O3S/c1-3-26(4-2)31(29,30)21-10-11-22-20(16-21)12-15-27(22)23(28)19-8-6-18(7-9-19)17-25-14-5-13-24-25/h5-11,13-14,16H,3-4,12,15,17H2,1-2H3. The largest absolute Gasteiger partial charge is 0.308 e. The van der Waals surface area contributed by atoms with Crippen molar-refractivity contribution in [2.24, 2.45) is 0 Å². The van der Waals surface area contributed by atoms with E-state index in [2.05, 4.69) is 5.10 Å². The lowest BCUT2D eigenvalue weighted by Crippen LogP contribution is -2.30. The Hall–Kier alpha value is -2.97. The van der Waals surface area contributed by atoms with E-state index in [0.29, 0.717) is 38.2 Å². The Bertz CT molecular complexity index is 1170. The molecular formula is C23H26N4O3S. The minimum atomic E-state index is -3.52. The first-order chi connectivity index (χ1) is 14.9. The molecule has 0 N–H and O–H groups in total. The van der Waals surface area contributed by atoms with E-state index in [1.165, 1.54) is 4.31 Å². The first-order valence-corrected chi connectivity index (χ1v) is 11.9. The molecule has 31 heavy (non-hydrogen) atoms. The van der Waals surface area contributed by atoms with Gasteiger partial charge >= 0.3 is 0 Å². The molecule has 0 saturated carbocycles. The predicted molar refractivity (Wildman–Crippen MR) is 120 cm³/mol. The number of hydrogen-bond acceptors (Lipinski definition) is 4. The number of fused-ring (bicyclic) bond motifs is 1. The molecular weight excluding hydrogens is 412 g/mol. The second-order valence-electron chi connectivity index (χ2n) is 7.49. The van der Waals surface area contributed by atoms with Gasteiger partial charge in [0.25, 0.3) is 5.91 Å². The first-order valence-electron chi connectivity index (χ1n) is 10.5. The van der Waals surface area contributed by atoms with Gasteiger partial charge < -0.3 is 4.90 Å². The van der Waals surface area contributed by atoms with Crippen LogP contribution < -0.4 is 4.90 Å². The smallest absolute Gasteiger partial charge is 0.258 e. The molecule has 1 amide bonds. The van der Waals surface area contributed by atoms with Crippen molar-refractivity contribution in [3.8, 4) is 0 Å². The number of amides is 1. The van der Waals surface area contributed by atoms with Crippen LogP contribution in [0.25, 0.3) is 0 Å². The summed E-state index contributed by atoms with van der Waals surface area (Å²) in [5, 5.41) is 4.20. The van der Waals surface area contributed by atoms with Gasteiger partial charge in [-0.15, -0.1) is 0 Å². The lowest BCUT2D eigenvalue weighted by atomic mass is 10.1. The first kappa shape index (κ1) is 21.3. The molecule has 0 saturated heterocycles. The van der Waals surface area contributed by atoms with Crippen LogP contribution in [0.1, 0.15) is 35.3 Å². The van der Waals surface area contributed by atoms with Gasteiger partial charge in [-0.3, -0.25) is 9.48 Å². The number of carbonyl (C=O) groups is 1. The van der Waals surface area contributed by atoms with Gasteiger partial charge in [-0.25, -0.2) is 8.42 Å². The summed E-state index contributed by atoms with van der Waals surface area (Å²) in [4.78, 5) is 15.1. The fraction of sp³-hybridized carbons (Fsp3) is 0.304. The third-order valence-electron chi connectivity index (χ3n) is 5.64. The van der Waals surface area contributed by atoms with Crippen molar-refractivity contribution < 1.29 is 13.2 Å². The van der Waals surface area contributed by atoms with Gasteiger partial charge in [-0.1, -0.05) is 26.0 Å². The number of aromatic nitrogens is 2. The average Bonchev–Trinajstić information content (AvgIpc) is 3.43. The van der Waals surface area contributed by atoms with Crippen LogP contribution in [-0.2, 0) is 23.0 Å². The van der Waals surface area contributed by atoms with Gasteiger partial charge in [-0.05, 0) is 53.9 Å². The topological polar surface area (TPSA) is 75.5 Å². The molecule has 1 aromatic heterocycles. The van der Waals surface area contributed by atoms with Crippen molar-refractivity contribution in [3.05, 3.63) is 77.6 Å². The summed E-state index contributed by atoms with van der Waals surface area (Å²) in [6, 6.07) is 14.5. The Morgan fingerprint density at radius 1 is 1.10 bits per heavy atom. The average molecular weight is 439 g/mol. The van der Waals surface area contributed by atoms with E-state index in [1.807, 2.05) is 55.1 Å². The fourth-order valence-electron chi connectivity index (χ4n) is 3.95. The normalized spacial score (nSPS) is 13.6. The molecule has 8 heteroatoms. The van der Waals surface area contributed by atoms with Crippen LogP contribution in [-0.4, -0.2) is 48.0 Å². The third kappa shape index (κ3) is 4.13. The van der Waals surface area contributed by atoms with Gasteiger partial charge in [0.1, 0.15) is 0 Å². The van der Waals surface area contributed by atoms with E-state index < -0.39 is 10.0 Å². The molecule has 7 nitrogen and oxygen atoms in total. The van der Waals surface area contributed by atoms with Crippen LogP contribution in [0.4, 0.5) is 5.69 Å². The second-order valence-corrected chi connectivity index (χ2v) is 9.43. The van der Waals surface area contributed by atoms with Crippen LogP contribution in [0.15, 0.2) is 65.8 Å². The molecule has 1 aliphatic rings. The summed E-state index contributed by atoms with van der Waals surface area (Å²) in [5.74, 6) is -0.0799. The number of benzene rings is 2. The van der Waals surface area contributed by atoms with Crippen molar-refractivity contribution in [2.75, 3.05) is 24.5 Å². The molecule has 0 fully saturated rings. The van der Waals surface area contributed by atoms with E-state index >= 15 is 0 Å². The van der Waals surface area contributed by atoms with Crippen LogP contribution in [0.2, 0.25) is 0 Å². The summed E-state index contributed by atoms with van der Waals surface area (Å²) < 4.78 is 28.9. The van der Waals surface area contributed by atoms with Crippen molar-refractivity contribution in [2.45, 2.75) is 31.7 Å². The van der Waals surface area contributed by atoms with E-state index in [1.54, 1.807) is 29.3 Å². The highest BCUT2D eigenvalue weighted by atomic mass is 32.2. The number of rotatable bonds is 7. The minimum Gasteiger partial charge on any atom is -0.308 e. The fourth-order valence-corrected chi connectivity index (χ4v) is 5.46. The number of anilines is 1. The Morgan fingerprint density at radius 3 is 2.48 bits per heavy atom. The van der Waals surface area contributed by atoms with E-state index in [-0.39, 0.29) is 10.8 Å². The van der Waals surface area contributed by atoms with E-state index in [4.69, 9.17) is 0 Å². The molecule has 1 aliphatic heterocycles. The van der Waals surface area contributed by atoms with E-state index in [0.717, 1.165) is 16.8 Å². The number of nitrogens with zero attached hydrogens (tertiary/aromatic N) is 4. The molecule has 0 atom stereocenters. The SMILES string of the molecule is CCN(CC)S(=O)(=O)c1ccc2c(c1)CCN2C(=O)c1ccc(Cn2cccn2)cc1. The zero-order valence-corrected chi connectivity index (χ0v) is 18.5. The number of carbonyl (C=O) groups excluding carboxylic acids is 1. The monoisotopic (exact) mass is 438 g/mol. The van der Waals surface area contributed by atoms with Crippen LogP contribution in [0.5, 0.6) is 0 Å². The molecule has 162 valence electrons. The number of sulfonamides is 1. The van der Waals surface area contributed by atoms with Gasteiger partial charge in [0, 0.05) is 43.3 Å². The molecule has 2 heterocycles. The summed E-state index contributed by atoms with van der Waals surface area (Å²) in [5.41, 5.74) is 3.34. The molecule has 0 aliphatic carbocycles. The summed E-state index contributed by atoms with van der Waals surface area (Å²) in [6.07, 6.45) is 4.27. The molecule has 0 radical (unpaired) electrons. The minimum absolute atomic E-state index is 0.0799. The lowest BCUT2D eigenvalue weighted by Gasteiger charge is -2.20. The third-order valence-corrected chi connectivity index (χ3v) is 7.69. The molecule has 2 aromatic carbocycles. The number of hydrogen-bond donors (Lipinski definition) is 0. The van der Waals surface area contributed by atoms with Crippen LogP contribution in [0.3, 0.4) is 0 Å². The molecule has 4 rings (SSSR count). The highest BCUT2D eigenvalue weighted by Gasteiger charge is 2.29. The van der Waals surface area contributed by atoms with Gasteiger partial charge in [0.2, 0.25) is 10.0 Å². The van der Waals surface area contributed by atoms with Crippen LogP contribution >= 0.6 is 0 Å². The highest BCUT2D eigenvalue weighted by molar-refractivity contribution is 7.89. The van der Waals surface area contributed by atoms with Crippen molar-refractivity contribution in [1.82, 2.24) is 14.1 Å². The van der Waals surface area contributed by atoms with Gasteiger partial charge in [-0.2, -0.15) is 9.40 Å². The Kier molecular flexibility index (Phi) is 5.93. The van der Waals surface area contributed by atoms with Gasteiger partial charge in [0.05, 0.1) is 11.4 Å². The summed E-state index contributed by atoms with van der Waals surface area (Å²) in [7, 11) is -3.52. The summed E-state index contributed by atoms with van der Waals surface area (Å²) >= 11 is 0. The van der Waals surface area contributed by atoms with Crippen LogP contribution in [0, 0.1) is 0 Å². The van der Waals surface area contributed by atoms with Crippen molar-refractivity contribution in [1.29, 1.82) is 0 Å². The maximum absolute atomic E-state index is 13.1. The molecule has 0 bridgehead atoms. The summed E-state index contributed by atoms with van der Waals surface area (Å²) in [6.45, 7) is 5.70. The zero-order chi connectivity index (χ0) is 22.0. The van der Waals surface area contributed by atoms with Crippen molar-refractivity contribution in [3.63, 3.8) is 0 Å². The predicted octanol–water partition coefficient (Wildman–Crippen LogP) is 3.16. The van der Waals surface area contributed by atoms with Crippen molar-refractivity contribution >= 4 is 21.6 Å². The Morgan fingerprint density at radius 2 is 1.84 bits per heavy atom. The quantitative estimate of drug-likeness (QED) is 0.568. The maximum atomic E-state index is 13.1. The zero-order valence-electron chi connectivity index (χ0n) is 17.7.